The highest BCUT2D eigenvalue weighted by Gasteiger charge is 2.26. The van der Waals surface area contributed by atoms with Crippen LogP contribution in [0.25, 0.3) is 0 Å². The zero-order valence-electron chi connectivity index (χ0n) is 13.7. The van der Waals surface area contributed by atoms with Gasteiger partial charge in [-0.3, -0.25) is 4.79 Å². The van der Waals surface area contributed by atoms with Gasteiger partial charge >= 0.3 is 0 Å². The van der Waals surface area contributed by atoms with Gasteiger partial charge in [0.05, 0.1) is 5.25 Å². The summed E-state index contributed by atoms with van der Waals surface area (Å²) in [6, 6.07) is 0.317. The number of aromatic nitrogens is 3. The summed E-state index contributed by atoms with van der Waals surface area (Å²) < 4.78 is 1.98. The monoisotopic (exact) mass is 322 g/mol. The van der Waals surface area contributed by atoms with Crippen LogP contribution in [0.3, 0.4) is 0 Å². The molecule has 1 aromatic rings. The highest BCUT2D eigenvalue weighted by Crippen LogP contribution is 2.26. The Morgan fingerprint density at radius 2 is 2.23 bits per heavy atom. The third kappa shape index (κ3) is 4.12. The number of aryl methyl sites for hydroxylation is 1. The fraction of sp³-hybridized carbons (Fsp3) is 0.688. The number of carbonyl (C=O) groups is 1. The van der Waals surface area contributed by atoms with Gasteiger partial charge < -0.3 is 9.88 Å². The molecule has 1 amide bonds. The predicted octanol–water partition coefficient (Wildman–Crippen LogP) is 2.95. The molecule has 0 aromatic carbocycles. The Morgan fingerprint density at radius 1 is 1.50 bits per heavy atom. The minimum atomic E-state index is -0.179. The van der Waals surface area contributed by atoms with E-state index in [0.29, 0.717) is 18.5 Å². The number of nitrogens with one attached hydrogen (secondary N) is 1. The van der Waals surface area contributed by atoms with Gasteiger partial charge in [-0.1, -0.05) is 37.6 Å². The van der Waals surface area contributed by atoms with Crippen LogP contribution in [0.1, 0.15) is 45.4 Å². The van der Waals surface area contributed by atoms with Crippen molar-refractivity contribution >= 4 is 17.7 Å². The van der Waals surface area contributed by atoms with Crippen molar-refractivity contribution in [3.8, 4) is 0 Å². The topological polar surface area (TPSA) is 59.8 Å². The van der Waals surface area contributed by atoms with Gasteiger partial charge in [-0.25, -0.2) is 0 Å². The van der Waals surface area contributed by atoms with E-state index in [1.54, 1.807) is 0 Å². The molecule has 122 valence electrons. The second-order valence-electron chi connectivity index (χ2n) is 6.07. The van der Waals surface area contributed by atoms with Crippen LogP contribution < -0.4 is 5.32 Å². The molecule has 1 aliphatic rings. The molecule has 22 heavy (non-hydrogen) atoms. The summed E-state index contributed by atoms with van der Waals surface area (Å²) in [4.78, 5) is 12.4. The Balaban J connectivity index is 1.95. The molecule has 6 heteroatoms. The molecular weight excluding hydrogens is 296 g/mol. The summed E-state index contributed by atoms with van der Waals surface area (Å²) in [6.45, 7) is 10.5. The van der Waals surface area contributed by atoms with E-state index in [4.69, 9.17) is 0 Å². The number of thioether (sulfide) groups is 1. The molecule has 3 atom stereocenters. The molecule has 1 aromatic heterocycles. The Hall–Kier alpha value is -1.30. The van der Waals surface area contributed by atoms with Gasteiger partial charge in [-0.15, -0.1) is 16.8 Å². The number of rotatable bonds is 6. The second-order valence-corrected chi connectivity index (χ2v) is 7.37. The average molecular weight is 322 g/mol. The fourth-order valence-electron chi connectivity index (χ4n) is 2.83. The van der Waals surface area contributed by atoms with Crippen LogP contribution in [0.5, 0.6) is 0 Å². The van der Waals surface area contributed by atoms with E-state index in [1.165, 1.54) is 31.0 Å². The van der Waals surface area contributed by atoms with E-state index in [1.807, 2.05) is 24.5 Å². The van der Waals surface area contributed by atoms with Crippen LogP contribution in [0.2, 0.25) is 0 Å². The van der Waals surface area contributed by atoms with Crippen LogP contribution in [0.4, 0.5) is 0 Å². The van der Waals surface area contributed by atoms with Gasteiger partial charge in [0.1, 0.15) is 5.82 Å². The lowest BCUT2D eigenvalue weighted by Crippen LogP contribution is -2.44. The van der Waals surface area contributed by atoms with Crippen molar-refractivity contribution in [3.05, 3.63) is 18.5 Å². The van der Waals surface area contributed by atoms with Crippen LogP contribution in [-0.4, -0.2) is 32.0 Å². The van der Waals surface area contributed by atoms with Crippen LogP contribution in [0, 0.1) is 12.8 Å². The standard InChI is InChI=1S/C16H26N4OS/c1-5-10-20-13(4)18-19-16(20)22-12(3)15(21)17-14-9-7-6-8-11(14)2/h5,11-12,14H,1,6-10H2,2-4H3,(H,17,21)/t11-,12-,14-/m1/s1. The fourth-order valence-corrected chi connectivity index (χ4v) is 3.74. The summed E-state index contributed by atoms with van der Waals surface area (Å²) in [5.41, 5.74) is 0. The van der Waals surface area contributed by atoms with Crippen LogP contribution in [0.15, 0.2) is 17.8 Å². The quantitative estimate of drug-likeness (QED) is 0.646. The molecule has 1 N–H and O–H groups in total. The number of allylic oxidation sites excluding steroid dienone is 1. The van der Waals surface area contributed by atoms with E-state index < -0.39 is 0 Å². The van der Waals surface area contributed by atoms with E-state index in [2.05, 4.69) is 29.0 Å². The highest BCUT2D eigenvalue weighted by atomic mass is 32.2. The van der Waals surface area contributed by atoms with E-state index in [0.717, 1.165) is 17.4 Å². The van der Waals surface area contributed by atoms with Gasteiger partial charge in [-0.05, 0) is 32.6 Å². The molecule has 0 spiro atoms. The SMILES string of the molecule is C=CCn1c(C)nnc1S[C@H](C)C(=O)N[C@@H]1CCCC[C@H]1C. The van der Waals surface area contributed by atoms with Crippen molar-refractivity contribution in [2.45, 2.75) is 69.4 Å². The first-order valence-corrected chi connectivity index (χ1v) is 8.88. The molecule has 0 unspecified atom stereocenters. The van der Waals surface area contributed by atoms with Gasteiger partial charge in [-0.2, -0.15) is 0 Å². The number of nitrogens with zero attached hydrogens (tertiary/aromatic N) is 3. The molecule has 5 nitrogen and oxygen atoms in total. The number of hydrogen-bond acceptors (Lipinski definition) is 4. The first-order valence-electron chi connectivity index (χ1n) is 8.00. The summed E-state index contributed by atoms with van der Waals surface area (Å²) in [7, 11) is 0. The van der Waals surface area contributed by atoms with Gasteiger partial charge in [0, 0.05) is 12.6 Å². The molecule has 0 aliphatic heterocycles. The van der Waals surface area contributed by atoms with Crippen molar-refractivity contribution in [2.24, 2.45) is 5.92 Å². The minimum absolute atomic E-state index is 0.0922. The summed E-state index contributed by atoms with van der Waals surface area (Å²) in [5.74, 6) is 1.51. The first-order chi connectivity index (χ1) is 10.5. The first kappa shape index (κ1) is 17.1. The van der Waals surface area contributed by atoms with Crippen molar-refractivity contribution < 1.29 is 4.79 Å². The summed E-state index contributed by atoms with van der Waals surface area (Å²) in [5, 5.41) is 12.1. The zero-order valence-corrected chi connectivity index (χ0v) is 14.5. The molecular formula is C16H26N4OS. The van der Waals surface area contributed by atoms with Crippen molar-refractivity contribution in [3.63, 3.8) is 0 Å². The van der Waals surface area contributed by atoms with Crippen molar-refractivity contribution in [1.82, 2.24) is 20.1 Å². The molecule has 2 rings (SSSR count). The van der Waals surface area contributed by atoms with Crippen molar-refractivity contribution in [2.75, 3.05) is 0 Å². The lowest BCUT2D eigenvalue weighted by molar-refractivity contribution is -0.121. The Kier molecular flexibility index (Phi) is 6.06. The summed E-state index contributed by atoms with van der Waals surface area (Å²) in [6.07, 6.45) is 6.61. The molecule has 0 saturated heterocycles. The second kappa shape index (κ2) is 7.81. The van der Waals surface area contributed by atoms with Gasteiger partial charge in [0.25, 0.3) is 0 Å². The largest absolute Gasteiger partial charge is 0.352 e. The smallest absolute Gasteiger partial charge is 0.233 e. The highest BCUT2D eigenvalue weighted by molar-refractivity contribution is 8.00. The maximum absolute atomic E-state index is 12.4. The Morgan fingerprint density at radius 3 is 2.91 bits per heavy atom. The number of hydrogen-bond donors (Lipinski definition) is 1. The van der Waals surface area contributed by atoms with Crippen LogP contribution in [-0.2, 0) is 11.3 Å². The van der Waals surface area contributed by atoms with E-state index in [-0.39, 0.29) is 11.2 Å². The lowest BCUT2D eigenvalue weighted by Gasteiger charge is -2.30. The van der Waals surface area contributed by atoms with Crippen molar-refractivity contribution in [1.29, 1.82) is 0 Å². The van der Waals surface area contributed by atoms with E-state index in [9.17, 15) is 4.79 Å². The molecule has 1 fully saturated rings. The molecule has 1 aliphatic carbocycles. The maximum atomic E-state index is 12.4. The van der Waals surface area contributed by atoms with Gasteiger partial charge in [0.2, 0.25) is 5.91 Å². The normalized spacial score (nSPS) is 23.0. The minimum Gasteiger partial charge on any atom is -0.352 e. The van der Waals surface area contributed by atoms with Crippen LogP contribution >= 0.6 is 11.8 Å². The lowest BCUT2D eigenvalue weighted by atomic mass is 9.86. The Bertz CT molecular complexity index is 528. The molecule has 1 saturated carbocycles. The predicted molar refractivity (Wildman–Crippen MR) is 89.8 cm³/mol. The summed E-state index contributed by atoms with van der Waals surface area (Å²) >= 11 is 1.46. The Labute approximate surface area is 137 Å². The number of amides is 1. The number of carbonyl (C=O) groups excluding carboxylic acids is 1. The maximum Gasteiger partial charge on any atom is 0.233 e. The van der Waals surface area contributed by atoms with E-state index >= 15 is 0 Å². The molecule has 0 bridgehead atoms. The van der Waals surface area contributed by atoms with Gasteiger partial charge in [0.15, 0.2) is 5.16 Å². The third-order valence-corrected chi connectivity index (χ3v) is 5.38. The molecule has 1 heterocycles. The third-order valence-electron chi connectivity index (χ3n) is 4.30. The zero-order chi connectivity index (χ0) is 16.1. The molecule has 0 radical (unpaired) electrons. The average Bonchev–Trinajstić information content (AvgIpc) is 2.83.